The molecule has 0 saturated carbocycles. The van der Waals surface area contributed by atoms with Gasteiger partial charge < -0.3 is 9.30 Å². The molecule has 0 unspecified atom stereocenters. The number of amides is 2. The summed E-state index contributed by atoms with van der Waals surface area (Å²) in [6, 6.07) is 13.0. The fourth-order valence-electron chi connectivity index (χ4n) is 3.73. The Kier molecular flexibility index (Phi) is 6.05. The number of hydrogen-bond donors (Lipinski definition) is 1. The quantitative estimate of drug-likeness (QED) is 0.331. The first kappa shape index (κ1) is 22.7. The molecule has 2 aromatic carbocycles. The molecule has 2 amide bonds. The number of nitrogens with zero attached hydrogens (tertiary/aromatic N) is 2. The van der Waals surface area contributed by atoms with Crippen LogP contribution in [-0.4, -0.2) is 28.6 Å². The molecule has 9 heteroatoms. The summed E-state index contributed by atoms with van der Waals surface area (Å²) in [5.41, 5.74) is 3.36. The molecule has 0 spiro atoms. The molecular formula is C24H19ClFN3O3S. The van der Waals surface area contributed by atoms with E-state index in [0.717, 1.165) is 11.4 Å². The Morgan fingerprint density at radius 1 is 1.06 bits per heavy atom. The molecule has 1 aromatic heterocycles. The minimum absolute atomic E-state index is 0.00116. The maximum atomic E-state index is 13.6. The van der Waals surface area contributed by atoms with Gasteiger partial charge in [-0.25, -0.2) is 4.39 Å². The molecule has 0 bridgehead atoms. The molecule has 0 atom stereocenters. The minimum atomic E-state index is -0.579. The number of nitrogens with one attached hydrogen (secondary N) is 1. The van der Waals surface area contributed by atoms with Crippen molar-refractivity contribution >= 4 is 52.5 Å². The number of methoxy groups -OCH3 is 1. The number of ether oxygens (including phenoxy) is 1. The van der Waals surface area contributed by atoms with E-state index in [1.165, 1.54) is 23.1 Å². The van der Waals surface area contributed by atoms with Crippen molar-refractivity contribution in [1.82, 2.24) is 9.88 Å². The second-order valence-electron chi connectivity index (χ2n) is 7.42. The lowest BCUT2D eigenvalue weighted by Crippen LogP contribution is -2.54. The van der Waals surface area contributed by atoms with E-state index in [0.29, 0.717) is 22.7 Å². The lowest BCUT2D eigenvalue weighted by Gasteiger charge is -2.29. The Hall–Kier alpha value is -3.49. The number of carbonyl (C=O) groups is 2. The summed E-state index contributed by atoms with van der Waals surface area (Å²) < 4.78 is 20.6. The summed E-state index contributed by atoms with van der Waals surface area (Å²) in [6.07, 6.45) is 1.53. The Morgan fingerprint density at radius 3 is 2.36 bits per heavy atom. The first-order chi connectivity index (χ1) is 15.7. The molecule has 2 heterocycles. The number of aromatic nitrogens is 1. The highest BCUT2D eigenvalue weighted by molar-refractivity contribution is 7.80. The zero-order chi connectivity index (χ0) is 23.9. The van der Waals surface area contributed by atoms with E-state index in [-0.39, 0.29) is 15.7 Å². The predicted octanol–water partition coefficient (Wildman–Crippen LogP) is 4.73. The third-order valence-electron chi connectivity index (χ3n) is 5.36. The summed E-state index contributed by atoms with van der Waals surface area (Å²) in [4.78, 5) is 27.2. The van der Waals surface area contributed by atoms with Gasteiger partial charge in [-0.15, -0.1) is 0 Å². The van der Waals surface area contributed by atoms with Crippen LogP contribution in [0.2, 0.25) is 5.02 Å². The smallest absolute Gasteiger partial charge is 0.270 e. The molecule has 33 heavy (non-hydrogen) atoms. The van der Waals surface area contributed by atoms with Gasteiger partial charge in [0, 0.05) is 17.1 Å². The minimum Gasteiger partial charge on any atom is -0.497 e. The van der Waals surface area contributed by atoms with Crippen LogP contribution in [0.4, 0.5) is 10.1 Å². The Labute approximate surface area is 200 Å². The van der Waals surface area contributed by atoms with Gasteiger partial charge in [0.25, 0.3) is 11.8 Å². The monoisotopic (exact) mass is 483 g/mol. The van der Waals surface area contributed by atoms with Crippen molar-refractivity contribution in [2.75, 3.05) is 12.0 Å². The fourth-order valence-corrected chi connectivity index (χ4v) is 4.19. The van der Waals surface area contributed by atoms with Crippen molar-refractivity contribution in [3.8, 4) is 11.4 Å². The van der Waals surface area contributed by atoms with Gasteiger partial charge in [0.1, 0.15) is 17.1 Å². The van der Waals surface area contributed by atoms with E-state index in [4.69, 9.17) is 28.6 Å². The van der Waals surface area contributed by atoms with E-state index in [9.17, 15) is 14.0 Å². The third kappa shape index (κ3) is 4.15. The highest BCUT2D eigenvalue weighted by Gasteiger charge is 2.34. The lowest BCUT2D eigenvalue weighted by atomic mass is 10.1. The van der Waals surface area contributed by atoms with Crippen molar-refractivity contribution in [2.45, 2.75) is 13.8 Å². The number of rotatable bonds is 4. The van der Waals surface area contributed by atoms with Gasteiger partial charge in [0.05, 0.1) is 17.8 Å². The zero-order valence-electron chi connectivity index (χ0n) is 18.0. The number of aryl methyl sites for hydroxylation is 1. The van der Waals surface area contributed by atoms with Gasteiger partial charge in [0.15, 0.2) is 5.11 Å². The number of halogens is 2. The fraction of sp³-hybridized carbons (Fsp3) is 0.125. The van der Waals surface area contributed by atoms with Gasteiger partial charge in [-0.05, 0) is 86.2 Å². The molecule has 6 nitrogen and oxygen atoms in total. The summed E-state index contributed by atoms with van der Waals surface area (Å²) >= 11 is 11.2. The first-order valence-electron chi connectivity index (χ1n) is 9.91. The lowest BCUT2D eigenvalue weighted by molar-refractivity contribution is -0.122. The number of anilines is 1. The molecule has 1 N–H and O–H groups in total. The maximum Gasteiger partial charge on any atom is 0.270 e. The van der Waals surface area contributed by atoms with Crippen LogP contribution in [0.15, 0.2) is 54.1 Å². The van der Waals surface area contributed by atoms with Crippen LogP contribution in [-0.2, 0) is 9.59 Å². The van der Waals surface area contributed by atoms with Crippen molar-refractivity contribution in [3.63, 3.8) is 0 Å². The van der Waals surface area contributed by atoms with Gasteiger partial charge in [-0.1, -0.05) is 11.6 Å². The van der Waals surface area contributed by atoms with Crippen molar-refractivity contribution in [1.29, 1.82) is 0 Å². The Morgan fingerprint density at radius 2 is 1.73 bits per heavy atom. The first-order valence-corrected chi connectivity index (χ1v) is 10.7. The van der Waals surface area contributed by atoms with E-state index >= 15 is 0 Å². The van der Waals surface area contributed by atoms with E-state index in [1.807, 2.05) is 24.5 Å². The second kappa shape index (κ2) is 8.80. The molecule has 1 aliphatic rings. The largest absolute Gasteiger partial charge is 0.497 e. The van der Waals surface area contributed by atoms with Crippen LogP contribution < -0.4 is 15.0 Å². The number of carbonyl (C=O) groups excluding carboxylic acids is 2. The average Bonchev–Trinajstić information content (AvgIpc) is 3.06. The highest BCUT2D eigenvalue weighted by Crippen LogP contribution is 2.28. The standard InChI is InChI=1S/C24H19ClFN3O3S/c1-13-10-15(14(2)28(13)17-6-9-21(26)20(25)12-17)11-19-22(30)27-24(33)29(23(19)31)16-4-7-18(32-3)8-5-16/h4-12H,1-3H3,(H,27,30,33)/b19-11+. The summed E-state index contributed by atoms with van der Waals surface area (Å²) in [6.45, 7) is 3.71. The van der Waals surface area contributed by atoms with Crippen molar-refractivity contribution in [2.24, 2.45) is 0 Å². The third-order valence-corrected chi connectivity index (χ3v) is 5.94. The predicted molar refractivity (Wildman–Crippen MR) is 129 cm³/mol. The van der Waals surface area contributed by atoms with Gasteiger partial charge in [-0.3, -0.25) is 19.8 Å². The molecule has 0 aliphatic carbocycles. The van der Waals surface area contributed by atoms with Gasteiger partial charge in [-0.2, -0.15) is 0 Å². The van der Waals surface area contributed by atoms with E-state index in [1.54, 1.807) is 37.4 Å². The average molecular weight is 484 g/mol. The summed E-state index contributed by atoms with van der Waals surface area (Å²) in [5.74, 6) is -1.00. The molecule has 168 valence electrons. The highest BCUT2D eigenvalue weighted by atomic mass is 35.5. The second-order valence-corrected chi connectivity index (χ2v) is 8.21. The van der Waals surface area contributed by atoms with Crippen LogP contribution >= 0.6 is 23.8 Å². The molecule has 0 radical (unpaired) electrons. The Bertz CT molecular complexity index is 1330. The van der Waals surface area contributed by atoms with Crippen LogP contribution in [0, 0.1) is 19.7 Å². The van der Waals surface area contributed by atoms with Crippen molar-refractivity contribution < 1.29 is 18.7 Å². The van der Waals surface area contributed by atoms with E-state index in [2.05, 4.69) is 5.32 Å². The molecule has 3 aromatic rings. The van der Waals surface area contributed by atoms with Crippen LogP contribution in [0.5, 0.6) is 5.75 Å². The Balaban J connectivity index is 1.74. The maximum absolute atomic E-state index is 13.6. The number of thiocarbonyl (C=S) groups is 1. The van der Waals surface area contributed by atoms with Gasteiger partial charge >= 0.3 is 0 Å². The van der Waals surface area contributed by atoms with Crippen molar-refractivity contribution in [3.05, 3.63) is 81.9 Å². The number of benzene rings is 2. The molecule has 4 rings (SSSR count). The molecule has 1 fully saturated rings. The summed E-state index contributed by atoms with van der Waals surface area (Å²) in [7, 11) is 1.54. The number of hydrogen-bond acceptors (Lipinski definition) is 4. The van der Waals surface area contributed by atoms with Crippen LogP contribution in [0.1, 0.15) is 17.0 Å². The van der Waals surface area contributed by atoms with Crippen LogP contribution in [0.3, 0.4) is 0 Å². The van der Waals surface area contributed by atoms with Gasteiger partial charge in [0.2, 0.25) is 0 Å². The SMILES string of the molecule is COc1ccc(N2C(=O)/C(=C/c3cc(C)n(-c4ccc(F)c(Cl)c4)c3C)C(=O)NC2=S)cc1. The molecule has 1 saturated heterocycles. The van der Waals surface area contributed by atoms with E-state index < -0.39 is 17.6 Å². The normalized spacial score (nSPS) is 15.2. The topological polar surface area (TPSA) is 63.6 Å². The summed E-state index contributed by atoms with van der Waals surface area (Å²) in [5, 5.41) is 2.58. The zero-order valence-corrected chi connectivity index (χ0v) is 19.6. The molecular weight excluding hydrogens is 465 g/mol. The molecule has 1 aliphatic heterocycles. The van der Waals surface area contributed by atoms with Crippen LogP contribution in [0.25, 0.3) is 11.8 Å².